The first-order chi connectivity index (χ1) is 41.9. The van der Waals surface area contributed by atoms with Gasteiger partial charge < -0.3 is 30.3 Å². The van der Waals surface area contributed by atoms with Crippen LogP contribution < -0.4 is 37.7 Å². The minimum absolute atomic E-state index is 0.0357. The Hall–Kier alpha value is -9.81. The molecule has 7 aromatic rings. The molecule has 7 N–H and O–H groups in total. The second kappa shape index (κ2) is 25.4. The number of hydrogen-bond donors (Lipinski definition) is 7. The van der Waals surface area contributed by atoms with E-state index >= 15 is 0 Å². The maximum atomic E-state index is 14.0. The van der Waals surface area contributed by atoms with Gasteiger partial charge in [0.15, 0.2) is 24.4 Å². The molecule has 8 amide bonds. The van der Waals surface area contributed by atoms with Crippen molar-refractivity contribution in [2.75, 3.05) is 13.1 Å². The first-order valence-electron chi connectivity index (χ1n) is 29.1. The number of rotatable bonds is 21. The molecular weight excluding hydrogens is 1110 g/mol. The zero-order valence-electron chi connectivity index (χ0n) is 48.7. The van der Waals surface area contributed by atoms with Gasteiger partial charge in [-0.2, -0.15) is 15.3 Å². The summed E-state index contributed by atoms with van der Waals surface area (Å²) in [6, 6.07) is 32.5. The van der Waals surface area contributed by atoms with Crippen molar-refractivity contribution in [2.45, 2.75) is 107 Å². The van der Waals surface area contributed by atoms with Crippen LogP contribution in [0.15, 0.2) is 122 Å². The van der Waals surface area contributed by atoms with Crippen molar-refractivity contribution >= 4 is 47.3 Å². The Kier molecular flexibility index (Phi) is 17.2. The highest BCUT2D eigenvalue weighted by Gasteiger charge is 2.54. The zero-order valence-corrected chi connectivity index (χ0v) is 48.7. The van der Waals surface area contributed by atoms with E-state index in [-0.39, 0.29) is 61.4 Å². The van der Waals surface area contributed by atoms with E-state index in [9.17, 15) is 38.4 Å². The van der Waals surface area contributed by atoms with Gasteiger partial charge in [-0.25, -0.2) is 0 Å². The molecule has 6 heterocycles. The Morgan fingerprint density at radius 1 is 0.540 bits per heavy atom. The first-order valence-corrected chi connectivity index (χ1v) is 29.1. The van der Waals surface area contributed by atoms with Crippen molar-refractivity contribution in [2.24, 2.45) is 21.1 Å². The number of likely N-dealkylation sites (tertiary alicyclic amines) is 1. The molecule has 3 aromatic heterocycles. The topological polar surface area (TPSA) is 303 Å². The first kappa shape index (κ1) is 58.9. The Bertz CT molecular complexity index is 3810. The molecule has 2 unspecified atom stereocenters. The number of hydrazine groups is 2. The highest BCUT2D eigenvalue weighted by atomic mass is 16.6. The lowest BCUT2D eigenvalue weighted by molar-refractivity contribution is -0.132. The molecule has 0 radical (unpaired) electrons. The van der Waals surface area contributed by atoms with Crippen molar-refractivity contribution in [3.05, 3.63) is 161 Å². The Morgan fingerprint density at radius 2 is 1.06 bits per heavy atom. The number of amides is 8. The van der Waals surface area contributed by atoms with Crippen molar-refractivity contribution in [3.63, 3.8) is 0 Å². The van der Waals surface area contributed by atoms with Gasteiger partial charge >= 0.3 is 0 Å². The highest BCUT2D eigenvalue weighted by molar-refractivity contribution is 5.98. The van der Waals surface area contributed by atoms with Gasteiger partial charge in [-0.3, -0.25) is 74.1 Å². The van der Waals surface area contributed by atoms with Crippen molar-refractivity contribution in [3.8, 4) is 33.8 Å². The van der Waals surface area contributed by atoms with Crippen LogP contribution in [0.3, 0.4) is 0 Å². The molecule has 24 nitrogen and oxygen atoms in total. The summed E-state index contributed by atoms with van der Waals surface area (Å²) in [6.45, 7) is 5.06. The number of carbonyl (C=O) groups excluding carboxylic acids is 8. The van der Waals surface area contributed by atoms with E-state index in [1.54, 1.807) is 67.5 Å². The summed E-state index contributed by atoms with van der Waals surface area (Å²) in [7, 11) is 5.51. The minimum Gasteiger partial charge on any atom is -0.350 e. The van der Waals surface area contributed by atoms with Crippen LogP contribution in [0, 0.1) is 0 Å². The van der Waals surface area contributed by atoms with Gasteiger partial charge in [-0.15, -0.1) is 0 Å². The van der Waals surface area contributed by atoms with Crippen molar-refractivity contribution in [1.29, 1.82) is 0 Å². The number of hydrogen-bond acceptors (Lipinski definition) is 13. The lowest BCUT2D eigenvalue weighted by atomic mass is 9.97. The number of aryl methyl sites for hydroxylation is 5. The molecule has 4 aliphatic rings. The molecule has 1 aliphatic carbocycles. The SMILES string of the molecule is C[C@@H](NC(=O)c1ccccc1CCC(=O)NNC(=O)[C@H]1O[C@@H]1C(=O)NC1CC1c1cc(-c2cc(-c3ccn(C)n3)cc([C@@H](C)NC(=O)c3ccccc3CCC(=O)NNC(=O)[C@H]3O[C@@H]3C(=O)N3CCCC3)c2)nn1C)c1cccc(-c2ccn(C)n2)c1. The predicted octanol–water partition coefficient (Wildman–Crippen LogP) is 3.86. The molecule has 8 atom stereocenters. The maximum absolute atomic E-state index is 14.0. The Morgan fingerprint density at radius 3 is 1.64 bits per heavy atom. The zero-order chi connectivity index (χ0) is 61.0. The second-order valence-electron chi connectivity index (χ2n) is 22.5. The van der Waals surface area contributed by atoms with E-state index in [0.29, 0.717) is 53.2 Å². The Labute approximate surface area is 501 Å². The van der Waals surface area contributed by atoms with Crippen LogP contribution in [-0.2, 0) is 72.2 Å². The van der Waals surface area contributed by atoms with E-state index in [4.69, 9.17) is 14.6 Å². The third-order valence-electron chi connectivity index (χ3n) is 16.1. The van der Waals surface area contributed by atoms with E-state index in [1.807, 2.05) is 108 Å². The van der Waals surface area contributed by atoms with Gasteiger partial charge in [-0.1, -0.05) is 54.6 Å². The molecule has 24 heteroatoms. The molecule has 4 fully saturated rings. The van der Waals surface area contributed by atoms with Crippen molar-refractivity contribution < 1.29 is 47.8 Å². The van der Waals surface area contributed by atoms with Gasteiger partial charge in [-0.05, 0) is 123 Å². The molecule has 3 aliphatic heterocycles. The van der Waals surface area contributed by atoms with Crippen LogP contribution in [0.25, 0.3) is 33.8 Å². The summed E-state index contributed by atoms with van der Waals surface area (Å²) in [5.41, 5.74) is 18.9. The molecule has 450 valence electrons. The summed E-state index contributed by atoms with van der Waals surface area (Å²) in [5.74, 6) is -3.65. The van der Waals surface area contributed by atoms with Gasteiger partial charge in [0.05, 0.1) is 29.2 Å². The average molecular weight is 1180 g/mol. The number of aromatic nitrogens is 6. The normalized spacial score (nSPS) is 19.7. The number of ether oxygens (including phenoxy) is 2. The minimum atomic E-state index is -1.10. The number of epoxide rings is 2. The maximum Gasteiger partial charge on any atom is 0.270 e. The van der Waals surface area contributed by atoms with Crippen molar-refractivity contribution in [1.82, 2.24) is 71.9 Å². The number of nitrogens with one attached hydrogen (secondary N) is 7. The van der Waals surface area contributed by atoms with Gasteiger partial charge in [0.1, 0.15) is 0 Å². The largest absolute Gasteiger partial charge is 0.350 e. The smallest absolute Gasteiger partial charge is 0.270 e. The molecule has 0 spiro atoms. The number of carbonyl (C=O) groups is 8. The van der Waals surface area contributed by atoms with Crippen LogP contribution >= 0.6 is 0 Å². The molecule has 11 rings (SSSR count). The molecule has 3 saturated heterocycles. The standard InChI is InChI=1S/C63H68N14O10/c1-35(39-15-12-16-40(29-39)47-23-27-74(3)71-47)64-58(80)44-17-8-6-13-37(44)19-21-52(78)67-69-61(83)55-54(86-55)60(82)66-50-33-46(50)51-34-49(73-76(51)5)43-31-41(30-42(32-43)48-24-28-75(4)72-48)36(2)65-59(81)45-18-9-7-14-38(45)20-22-53(79)68-70-62(84)56-57(87-56)63(85)77-25-10-11-26-77/h6-9,12-18,23-24,27-32,34-36,46,50,54-57H,10-11,19-22,25-26,33H2,1-5H3,(H,64,80)(H,65,81)(H,66,82)(H,67,78)(H,68,79)(H,69,83)(H,70,84)/t35-,36-,46?,50?,54+,55+,56+,57+/m1/s1. The predicted molar refractivity (Wildman–Crippen MR) is 316 cm³/mol. The lowest BCUT2D eigenvalue weighted by Gasteiger charge is -2.18. The van der Waals surface area contributed by atoms with Gasteiger partial charge in [0.2, 0.25) is 11.8 Å². The van der Waals surface area contributed by atoms with Crippen LogP contribution in [0.2, 0.25) is 0 Å². The van der Waals surface area contributed by atoms with Gasteiger partial charge in [0.25, 0.3) is 35.4 Å². The molecule has 0 bridgehead atoms. The van der Waals surface area contributed by atoms with E-state index < -0.39 is 60.0 Å². The summed E-state index contributed by atoms with van der Waals surface area (Å²) in [6.07, 6.45) is 2.58. The Balaban J connectivity index is 0.646. The number of benzene rings is 4. The third kappa shape index (κ3) is 14.0. The third-order valence-corrected chi connectivity index (χ3v) is 16.1. The van der Waals surface area contributed by atoms with Crippen LogP contribution in [0.4, 0.5) is 0 Å². The quantitative estimate of drug-likeness (QED) is 0.0398. The summed E-state index contributed by atoms with van der Waals surface area (Å²) >= 11 is 0. The fourth-order valence-corrected chi connectivity index (χ4v) is 11.0. The second-order valence-corrected chi connectivity index (χ2v) is 22.5. The number of nitrogens with zero attached hydrogens (tertiary/aromatic N) is 7. The monoisotopic (exact) mass is 1180 g/mol. The molecular formula is C63H68N14O10. The lowest BCUT2D eigenvalue weighted by Crippen LogP contribution is -2.45. The van der Waals surface area contributed by atoms with Gasteiger partial charge in [0, 0.05) is 105 Å². The molecule has 87 heavy (non-hydrogen) atoms. The fourth-order valence-electron chi connectivity index (χ4n) is 11.0. The fraction of sp³-hybridized carbons (Fsp3) is 0.349. The van der Waals surface area contributed by atoms with Crippen LogP contribution in [0.5, 0.6) is 0 Å². The molecule has 4 aromatic carbocycles. The summed E-state index contributed by atoms with van der Waals surface area (Å²) in [5, 5.41) is 23.2. The van der Waals surface area contributed by atoms with E-state index in [1.165, 1.54) is 0 Å². The van der Waals surface area contributed by atoms with E-state index in [0.717, 1.165) is 52.0 Å². The van der Waals surface area contributed by atoms with Crippen LogP contribution in [0.1, 0.15) is 113 Å². The average Bonchev–Trinajstić information content (AvgIpc) is 2.07. The highest BCUT2D eigenvalue weighted by Crippen LogP contribution is 2.43. The molecule has 1 saturated carbocycles. The van der Waals surface area contributed by atoms with Crippen LogP contribution in [-0.4, -0.2) is 125 Å². The summed E-state index contributed by atoms with van der Waals surface area (Å²) < 4.78 is 16.0. The summed E-state index contributed by atoms with van der Waals surface area (Å²) in [4.78, 5) is 107. The van der Waals surface area contributed by atoms with E-state index in [2.05, 4.69) is 47.9 Å².